The molecule has 0 bridgehead atoms. The molecule has 1 fully saturated rings. The molecule has 1 aromatic carbocycles. The molecule has 0 radical (unpaired) electrons. The van der Waals surface area contributed by atoms with Gasteiger partial charge in [0.25, 0.3) is 0 Å². The Morgan fingerprint density at radius 3 is 2.95 bits per heavy atom. The summed E-state index contributed by atoms with van der Waals surface area (Å²) in [7, 11) is 0. The van der Waals surface area contributed by atoms with E-state index in [1.165, 1.54) is 0 Å². The van der Waals surface area contributed by atoms with E-state index in [-0.39, 0.29) is 18.3 Å². The number of carbonyl (C=O) groups excluding carboxylic acids is 1. The minimum absolute atomic E-state index is 0. The van der Waals surface area contributed by atoms with Crippen LogP contribution in [0.15, 0.2) is 24.3 Å². The Balaban J connectivity index is 0.00000180. The summed E-state index contributed by atoms with van der Waals surface area (Å²) < 4.78 is 0. The maximum Gasteiger partial charge on any atom is 0.238 e. The van der Waals surface area contributed by atoms with Gasteiger partial charge >= 0.3 is 0 Å². The van der Waals surface area contributed by atoms with E-state index >= 15 is 0 Å². The van der Waals surface area contributed by atoms with Crippen LogP contribution in [-0.4, -0.2) is 37.0 Å². The van der Waals surface area contributed by atoms with Crippen LogP contribution in [-0.2, 0) is 4.79 Å². The molecule has 1 atom stereocenters. The molecule has 1 unspecified atom stereocenters. The number of anilines is 1. The first-order valence-corrected chi connectivity index (χ1v) is 6.46. The van der Waals surface area contributed by atoms with Crippen molar-refractivity contribution in [2.75, 3.05) is 31.5 Å². The number of benzene rings is 1. The highest BCUT2D eigenvalue weighted by Gasteiger charge is 2.22. The minimum Gasteiger partial charge on any atom is -0.330 e. The Morgan fingerprint density at radius 1 is 1.53 bits per heavy atom. The Labute approximate surface area is 120 Å². The summed E-state index contributed by atoms with van der Waals surface area (Å²) in [5.41, 5.74) is 7.66. The van der Waals surface area contributed by atoms with Gasteiger partial charge in [0.15, 0.2) is 0 Å². The lowest BCUT2D eigenvalue weighted by Gasteiger charge is -2.15. The van der Waals surface area contributed by atoms with Crippen LogP contribution >= 0.6 is 12.4 Å². The predicted octanol–water partition coefficient (Wildman–Crippen LogP) is 1.64. The van der Waals surface area contributed by atoms with Gasteiger partial charge in [-0.15, -0.1) is 12.4 Å². The first-order valence-electron chi connectivity index (χ1n) is 6.46. The Morgan fingerprint density at radius 2 is 2.32 bits per heavy atom. The molecule has 1 amide bonds. The highest BCUT2D eigenvalue weighted by molar-refractivity contribution is 5.92. The molecule has 0 aliphatic carbocycles. The van der Waals surface area contributed by atoms with E-state index in [1.54, 1.807) is 0 Å². The second-order valence-electron chi connectivity index (χ2n) is 5.04. The zero-order chi connectivity index (χ0) is 13.0. The van der Waals surface area contributed by atoms with Gasteiger partial charge in [0.05, 0.1) is 6.54 Å². The van der Waals surface area contributed by atoms with Gasteiger partial charge in [-0.3, -0.25) is 9.69 Å². The Kier molecular flexibility index (Phi) is 6.28. The quantitative estimate of drug-likeness (QED) is 0.883. The molecule has 1 heterocycles. The lowest BCUT2D eigenvalue weighted by molar-refractivity contribution is -0.117. The number of carbonyl (C=O) groups is 1. The molecule has 5 heteroatoms. The molecule has 1 aliphatic heterocycles. The molecule has 3 N–H and O–H groups in total. The van der Waals surface area contributed by atoms with Crippen molar-refractivity contribution in [3.8, 4) is 0 Å². The molecule has 0 spiro atoms. The monoisotopic (exact) mass is 283 g/mol. The van der Waals surface area contributed by atoms with Crippen molar-refractivity contribution < 1.29 is 4.79 Å². The van der Waals surface area contributed by atoms with Crippen LogP contribution in [0.1, 0.15) is 12.0 Å². The lowest BCUT2D eigenvalue weighted by atomic mass is 10.1. The van der Waals surface area contributed by atoms with Crippen LogP contribution in [0.4, 0.5) is 5.69 Å². The Hall–Kier alpha value is -1.10. The average molecular weight is 284 g/mol. The number of hydrogen-bond acceptors (Lipinski definition) is 3. The maximum absolute atomic E-state index is 11.9. The van der Waals surface area contributed by atoms with Crippen molar-refractivity contribution in [1.82, 2.24) is 4.90 Å². The summed E-state index contributed by atoms with van der Waals surface area (Å²) in [4.78, 5) is 14.1. The summed E-state index contributed by atoms with van der Waals surface area (Å²) in [6, 6.07) is 7.86. The molecule has 106 valence electrons. The third-order valence-electron chi connectivity index (χ3n) is 3.37. The van der Waals surface area contributed by atoms with Crippen molar-refractivity contribution in [3.05, 3.63) is 29.8 Å². The summed E-state index contributed by atoms with van der Waals surface area (Å²) in [6.07, 6.45) is 1.11. The molecule has 1 aromatic rings. The fourth-order valence-electron chi connectivity index (χ4n) is 2.38. The van der Waals surface area contributed by atoms with E-state index in [0.29, 0.717) is 12.5 Å². The van der Waals surface area contributed by atoms with Gasteiger partial charge in [0.1, 0.15) is 0 Å². The van der Waals surface area contributed by atoms with Crippen molar-refractivity contribution in [2.24, 2.45) is 11.7 Å². The average Bonchev–Trinajstić information content (AvgIpc) is 2.76. The van der Waals surface area contributed by atoms with Crippen LogP contribution in [0.5, 0.6) is 0 Å². The Bertz CT molecular complexity index is 425. The molecule has 2 rings (SSSR count). The third-order valence-corrected chi connectivity index (χ3v) is 3.37. The molecular weight excluding hydrogens is 262 g/mol. The van der Waals surface area contributed by atoms with Crippen LogP contribution < -0.4 is 11.1 Å². The van der Waals surface area contributed by atoms with Gasteiger partial charge in [-0.05, 0) is 50.0 Å². The minimum atomic E-state index is 0. The van der Waals surface area contributed by atoms with Gasteiger partial charge in [-0.1, -0.05) is 12.1 Å². The van der Waals surface area contributed by atoms with Crippen molar-refractivity contribution >= 4 is 24.0 Å². The molecule has 19 heavy (non-hydrogen) atoms. The van der Waals surface area contributed by atoms with Crippen molar-refractivity contribution in [3.63, 3.8) is 0 Å². The van der Waals surface area contributed by atoms with Crippen LogP contribution in [0.2, 0.25) is 0 Å². The number of hydrogen-bond donors (Lipinski definition) is 2. The summed E-state index contributed by atoms with van der Waals surface area (Å²) in [5.74, 6) is 0.607. The van der Waals surface area contributed by atoms with Crippen LogP contribution in [0.3, 0.4) is 0 Å². The number of nitrogens with two attached hydrogens (primary N) is 1. The number of nitrogens with zero attached hydrogens (tertiary/aromatic N) is 1. The van der Waals surface area contributed by atoms with E-state index < -0.39 is 0 Å². The zero-order valence-electron chi connectivity index (χ0n) is 11.3. The normalized spacial score (nSPS) is 18.9. The highest BCUT2D eigenvalue weighted by atomic mass is 35.5. The van der Waals surface area contributed by atoms with Crippen LogP contribution in [0.25, 0.3) is 0 Å². The molecule has 0 aromatic heterocycles. The summed E-state index contributed by atoms with van der Waals surface area (Å²) in [5, 5.41) is 2.93. The molecule has 0 saturated carbocycles. The third kappa shape index (κ3) is 4.82. The van der Waals surface area contributed by atoms with E-state index in [9.17, 15) is 4.79 Å². The number of aryl methyl sites for hydroxylation is 1. The van der Waals surface area contributed by atoms with Crippen LogP contribution in [0, 0.1) is 12.8 Å². The highest BCUT2D eigenvalue weighted by Crippen LogP contribution is 2.15. The SMILES string of the molecule is Cc1cccc(NC(=O)CN2CCC(CN)C2)c1.Cl. The van der Waals surface area contributed by atoms with E-state index in [4.69, 9.17) is 5.73 Å². The maximum atomic E-state index is 11.9. The van der Waals surface area contributed by atoms with Gasteiger partial charge in [-0.25, -0.2) is 0 Å². The van der Waals surface area contributed by atoms with Crippen molar-refractivity contribution in [2.45, 2.75) is 13.3 Å². The predicted molar refractivity (Wildman–Crippen MR) is 80.7 cm³/mol. The summed E-state index contributed by atoms with van der Waals surface area (Å²) in [6.45, 7) is 5.11. The molecule has 4 nitrogen and oxygen atoms in total. The van der Waals surface area contributed by atoms with E-state index in [0.717, 1.165) is 37.3 Å². The second kappa shape index (κ2) is 7.48. The first-order chi connectivity index (χ1) is 8.67. The number of rotatable bonds is 4. The number of nitrogens with one attached hydrogen (secondary N) is 1. The first kappa shape index (κ1) is 16.0. The van der Waals surface area contributed by atoms with Gasteiger partial charge < -0.3 is 11.1 Å². The molecule has 1 aliphatic rings. The number of likely N-dealkylation sites (tertiary alicyclic amines) is 1. The van der Waals surface area contributed by atoms with Gasteiger partial charge in [0.2, 0.25) is 5.91 Å². The largest absolute Gasteiger partial charge is 0.330 e. The number of amides is 1. The summed E-state index contributed by atoms with van der Waals surface area (Å²) >= 11 is 0. The second-order valence-corrected chi connectivity index (χ2v) is 5.04. The molecular formula is C14H22ClN3O. The fourth-order valence-corrected chi connectivity index (χ4v) is 2.38. The van der Waals surface area contributed by atoms with E-state index in [2.05, 4.69) is 10.2 Å². The fraction of sp³-hybridized carbons (Fsp3) is 0.500. The standard InChI is InChI=1S/C14H21N3O.ClH/c1-11-3-2-4-13(7-11)16-14(18)10-17-6-5-12(8-15)9-17;/h2-4,7,12H,5-6,8-10,15H2,1H3,(H,16,18);1H. The van der Waals surface area contributed by atoms with Gasteiger partial charge in [0, 0.05) is 12.2 Å². The van der Waals surface area contributed by atoms with E-state index in [1.807, 2.05) is 31.2 Å². The van der Waals surface area contributed by atoms with Crippen molar-refractivity contribution in [1.29, 1.82) is 0 Å². The number of halogens is 1. The lowest BCUT2D eigenvalue weighted by Crippen LogP contribution is -2.32. The molecule has 1 saturated heterocycles. The zero-order valence-corrected chi connectivity index (χ0v) is 12.1. The topological polar surface area (TPSA) is 58.4 Å². The smallest absolute Gasteiger partial charge is 0.238 e. The van der Waals surface area contributed by atoms with Gasteiger partial charge in [-0.2, -0.15) is 0 Å².